The summed E-state index contributed by atoms with van der Waals surface area (Å²) in [7, 11) is 0. The smallest absolute Gasteiger partial charge is 0.146 e. The predicted octanol–water partition coefficient (Wildman–Crippen LogP) is 6.12. The highest BCUT2D eigenvalue weighted by molar-refractivity contribution is 5.85. The number of carbonyl (C=O) groups is 1. The maximum absolute atomic E-state index is 12.2. The largest absolute Gasteiger partial charge is 0.486 e. The molecule has 1 atom stereocenters. The van der Waals surface area contributed by atoms with E-state index in [1.54, 1.807) is 6.26 Å². The molecule has 0 spiro atoms. The first-order chi connectivity index (χ1) is 14.2. The second kappa shape index (κ2) is 10.3. The van der Waals surface area contributed by atoms with Crippen LogP contribution in [-0.2, 0) is 11.4 Å². The highest BCUT2D eigenvalue weighted by Crippen LogP contribution is 2.19. The number of hydrogen-bond acceptors (Lipinski definition) is 3. The second-order valence-corrected chi connectivity index (χ2v) is 7.06. The Labute approximate surface area is 172 Å². The summed E-state index contributed by atoms with van der Waals surface area (Å²) < 4.78 is 10.9. The fraction of sp³-hybridized carbons (Fsp3) is 0.269. The first-order valence-electron chi connectivity index (χ1n) is 10.1. The van der Waals surface area contributed by atoms with Crippen molar-refractivity contribution in [1.82, 2.24) is 0 Å². The average molecular weight is 386 g/mol. The second-order valence-electron chi connectivity index (χ2n) is 7.06. The highest BCUT2D eigenvalue weighted by Gasteiger charge is 2.14. The van der Waals surface area contributed by atoms with Crippen LogP contribution in [0.25, 0.3) is 0 Å². The van der Waals surface area contributed by atoms with E-state index in [0.29, 0.717) is 18.8 Å². The van der Waals surface area contributed by atoms with Gasteiger partial charge in [-0.05, 0) is 60.5 Å². The minimum atomic E-state index is -0.0581. The van der Waals surface area contributed by atoms with Gasteiger partial charge in [0.25, 0.3) is 0 Å². The molecule has 1 unspecified atom stereocenters. The summed E-state index contributed by atoms with van der Waals surface area (Å²) in [6.07, 6.45) is 4.29. The number of Topliss-reactive ketones (excluding diaryl/α,β-unsaturated/α-hetero) is 1. The van der Waals surface area contributed by atoms with Gasteiger partial charge in [-0.3, -0.25) is 4.79 Å². The molecule has 0 aliphatic heterocycles. The van der Waals surface area contributed by atoms with Crippen LogP contribution in [0.1, 0.15) is 61.5 Å². The summed E-state index contributed by atoms with van der Waals surface area (Å²) in [4.78, 5) is 12.2. The van der Waals surface area contributed by atoms with E-state index >= 15 is 0 Å². The van der Waals surface area contributed by atoms with Crippen LogP contribution in [0.4, 0.5) is 0 Å². The maximum atomic E-state index is 12.2. The highest BCUT2D eigenvalue weighted by atomic mass is 16.5. The zero-order valence-electron chi connectivity index (χ0n) is 17.0. The third-order valence-electron chi connectivity index (χ3n) is 4.84. The minimum Gasteiger partial charge on any atom is -0.486 e. The van der Waals surface area contributed by atoms with Crippen molar-refractivity contribution in [3.05, 3.63) is 89.4 Å². The van der Waals surface area contributed by atoms with E-state index in [2.05, 4.69) is 18.8 Å². The number of hydrogen-bond donors (Lipinski definition) is 0. The first kappa shape index (κ1) is 20.5. The molecule has 2 aromatic carbocycles. The van der Waals surface area contributed by atoms with E-state index in [4.69, 9.17) is 9.15 Å². The Morgan fingerprint density at radius 3 is 2.24 bits per heavy atom. The van der Waals surface area contributed by atoms with Gasteiger partial charge < -0.3 is 9.15 Å². The van der Waals surface area contributed by atoms with Gasteiger partial charge in [0.2, 0.25) is 0 Å². The number of furan rings is 1. The van der Waals surface area contributed by atoms with Crippen molar-refractivity contribution in [2.75, 3.05) is 0 Å². The molecular weight excluding hydrogens is 360 g/mol. The molecular formula is C26H26O3. The Morgan fingerprint density at radius 2 is 1.66 bits per heavy atom. The molecule has 29 heavy (non-hydrogen) atoms. The minimum absolute atomic E-state index is 0.0581. The zero-order valence-corrected chi connectivity index (χ0v) is 17.0. The zero-order chi connectivity index (χ0) is 20.5. The molecule has 0 radical (unpaired) electrons. The van der Waals surface area contributed by atoms with Crippen molar-refractivity contribution in [1.29, 1.82) is 0 Å². The molecule has 3 nitrogen and oxygen atoms in total. The fourth-order valence-electron chi connectivity index (χ4n) is 2.94. The summed E-state index contributed by atoms with van der Waals surface area (Å²) in [6, 6.07) is 19.4. The molecule has 0 fully saturated rings. The number of unbranched alkanes of at least 4 members (excludes halogenated alkanes) is 1. The summed E-state index contributed by atoms with van der Waals surface area (Å²) in [5.41, 5.74) is 2.90. The molecule has 0 N–H and O–H groups in total. The molecule has 148 valence electrons. The molecule has 0 saturated heterocycles. The van der Waals surface area contributed by atoms with E-state index in [1.807, 2.05) is 67.6 Å². The molecule has 0 bridgehead atoms. The summed E-state index contributed by atoms with van der Waals surface area (Å²) in [5.74, 6) is 8.15. The molecule has 0 aliphatic rings. The van der Waals surface area contributed by atoms with Gasteiger partial charge in [-0.25, -0.2) is 0 Å². The van der Waals surface area contributed by atoms with Crippen LogP contribution in [0, 0.1) is 11.8 Å². The number of benzene rings is 2. The van der Waals surface area contributed by atoms with Crippen molar-refractivity contribution < 1.29 is 13.9 Å². The van der Waals surface area contributed by atoms with Crippen LogP contribution in [0.5, 0.6) is 5.75 Å². The van der Waals surface area contributed by atoms with Crippen LogP contribution in [0.3, 0.4) is 0 Å². The van der Waals surface area contributed by atoms with Gasteiger partial charge in [-0.15, -0.1) is 0 Å². The standard InChI is InChI=1S/C26H26O3/c1-3-4-7-26(27)20(2)23-14-10-21(11-15-23)8-9-22-12-16-24(17-13-22)29-19-25-6-5-18-28-25/h5-6,10-18,20H,3-4,7,19H2,1-2H3. The number of ketones is 1. The van der Waals surface area contributed by atoms with Gasteiger partial charge in [0.1, 0.15) is 23.9 Å². The Morgan fingerprint density at radius 1 is 1.00 bits per heavy atom. The molecule has 3 heteroatoms. The Balaban J connectivity index is 1.57. The lowest BCUT2D eigenvalue weighted by atomic mass is 9.93. The van der Waals surface area contributed by atoms with Gasteiger partial charge >= 0.3 is 0 Å². The Bertz CT molecular complexity index is 956. The summed E-state index contributed by atoms with van der Waals surface area (Å²) >= 11 is 0. The topological polar surface area (TPSA) is 39.4 Å². The normalized spacial score (nSPS) is 11.4. The molecule has 1 aromatic heterocycles. The fourth-order valence-corrected chi connectivity index (χ4v) is 2.94. The number of carbonyl (C=O) groups excluding carboxylic acids is 1. The van der Waals surface area contributed by atoms with E-state index < -0.39 is 0 Å². The number of rotatable bonds is 8. The molecule has 3 aromatic rings. The van der Waals surface area contributed by atoms with Gasteiger partial charge in [0.15, 0.2) is 0 Å². The van der Waals surface area contributed by atoms with Crippen LogP contribution in [-0.4, -0.2) is 5.78 Å². The lowest BCUT2D eigenvalue weighted by molar-refractivity contribution is -0.120. The first-order valence-corrected chi connectivity index (χ1v) is 10.1. The van der Waals surface area contributed by atoms with E-state index in [9.17, 15) is 4.79 Å². The maximum Gasteiger partial charge on any atom is 0.146 e. The van der Waals surface area contributed by atoms with Crippen molar-refractivity contribution >= 4 is 5.78 Å². The predicted molar refractivity (Wildman–Crippen MR) is 115 cm³/mol. The summed E-state index contributed by atoms with van der Waals surface area (Å²) in [5, 5.41) is 0. The van der Waals surface area contributed by atoms with Crippen molar-refractivity contribution in [3.63, 3.8) is 0 Å². The third kappa shape index (κ3) is 6.12. The molecule has 0 amide bonds. The lowest BCUT2D eigenvalue weighted by Gasteiger charge is -2.10. The average Bonchev–Trinajstić information content (AvgIpc) is 3.29. The molecule has 3 rings (SSSR count). The van der Waals surface area contributed by atoms with E-state index in [-0.39, 0.29) is 5.92 Å². The Hall–Kier alpha value is -3.25. The quantitative estimate of drug-likeness (QED) is 0.438. The van der Waals surface area contributed by atoms with Gasteiger partial charge in [-0.2, -0.15) is 0 Å². The van der Waals surface area contributed by atoms with Crippen molar-refractivity contribution in [2.45, 2.75) is 45.6 Å². The van der Waals surface area contributed by atoms with Crippen LogP contribution >= 0.6 is 0 Å². The molecule has 0 saturated carbocycles. The van der Waals surface area contributed by atoms with Gasteiger partial charge in [-0.1, -0.05) is 44.2 Å². The van der Waals surface area contributed by atoms with Crippen LogP contribution < -0.4 is 4.74 Å². The molecule has 1 heterocycles. The van der Waals surface area contributed by atoms with Crippen LogP contribution in [0.2, 0.25) is 0 Å². The monoisotopic (exact) mass is 386 g/mol. The van der Waals surface area contributed by atoms with Gasteiger partial charge in [0, 0.05) is 23.5 Å². The van der Waals surface area contributed by atoms with E-state index in [0.717, 1.165) is 41.0 Å². The van der Waals surface area contributed by atoms with E-state index in [1.165, 1.54) is 0 Å². The summed E-state index contributed by atoms with van der Waals surface area (Å²) in [6.45, 7) is 4.49. The SMILES string of the molecule is CCCCC(=O)C(C)c1ccc(C#Cc2ccc(OCc3ccco3)cc2)cc1. The van der Waals surface area contributed by atoms with Crippen molar-refractivity contribution in [3.8, 4) is 17.6 Å². The Kier molecular flexibility index (Phi) is 7.30. The van der Waals surface area contributed by atoms with Gasteiger partial charge in [0.05, 0.1) is 6.26 Å². The molecule has 0 aliphatic carbocycles. The third-order valence-corrected chi connectivity index (χ3v) is 4.84. The van der Waals surface area contributed by atoms with Crippen LogP contribution in [0.15, 0.2) is 71.3 Å². The van der Waals surface area contributed by atoms with Crippen molar-refractivity contribution in [2.24, 2.45) is 0 Å². The lowest BCUT2D eigenvalue weighted by Crippen LogP contribution is -2.08. The number of ether oxygens (including phenoxy) is 1.